The summed E-state index contributed by atoms with van der Waals surface area (Å²) in [7, 11) is 1.00. The van der Waals surface area contributed by atoms with Crippen LogP contribution in [0.25, 0.3) is 0 Å². The third-order valence-electron chi connectivity index (χ3n) is 1.30. The van der Waals surface area contributed by atoms with Crippen molar-refractivity contribution in [1.29, 1.82) is 0 Å². The number of aromatic amines is 1. The normalized spacial score (nSPS) is 8.36. The number of hydrogen-bond acceptors (Lipinski definition) is 3. The smallest absolute Gasteiger partial charge is 0.153 e. The molecule has 0 aliphatic carbocycles. The van der Waals surface area contributed by atoms with E-state index in [1.807, 2.05) is 6.92 Å². The number of aliphatic hydroxyl groups excluding tert-OH is 1. The topological polar surface area (TPSA) is 66.0 Å². The van der Waals surface area contributed by atoms with Crippen LogP contribution in [0.2, 0.25) is 0 Å². The van der Waals surface area contributed by atoms with Crippen LogP contribution in [0.4, 0.5) is 0 Å². The zero-order chi connectivity index (χ0) is 8.85. The molecule has 4 nitrogen and oxygen atoms in total. The van der Waals surface area contributed by atoms with Gasteiger partial charge in [-0.3, -0.25) is 9.89 Å². The number of aryl methyl sites for hydroxylation is 2. The van der Waals surface area contributed by atoms with E-state index in [2.05, 4.69) is 10.2 Å². The highest BCUT2D eigenvalue weighted by Gasteiger charge is 2.01. The van der Waals surface area contributed by atoms with Gasteiger partial charge >= 0.3 is 0 Å². The van der Waals surface area contributed by atoms with Crippen molar-refractivity contribution in [1.82, 2.24) is 10.2 Å². The number of aromatic nitrogens is 2. The molecule has 0 aromatic carbocycles. The van der Waals surface area contributed by atoms with Gasteiger partial charge in [0.1, 0.15) is 0 Å². The Labute approximate surface area is 65.3 Å². The van der Waals surface area contributed by atoms with E-state index in [0.717, 1.165) is 24.8 Å². The minimum Gasteiger partial charge on any atom is -0.400 e. The monoisotopic (exact) mass is 156 g/mol. The summed E-state index contributed by atoms with van der Waals surface area (Å²) in [6.07, 6.45) is 0.814. The third-order valence-corrected chi connectivity index (χ3v) is 1.30. The molecule has 1 heterocycles. The van der Waals surface area contributed by atoms with Crippen molar-refractivity contribution in [3.05, 3.63) is 17.0 Å². The van der Waals surface area contributed by atoms with Crippen LogP contribution in [0.5, 0.6) is 0 Å². The number of rotatable bonds is 1. The Bertz CT molecular complexity index is 211. The van der Waals surface area contributed by atoms with Crippen LogP contribution in [0.15, 0.2) is 0 Å². The summed E-state index contributed by atoms with van der Waals surface area (Å²) in [5, 5.41) is 13.5. The largest absolute Gasteiger partial charge is 0.400 e. The van der Waals surface area contributed by atoms with Crippen molar-refractivity contribution in [2.45, 2.75) is 13.8 Å². The maximum atomic E-state index is 10.2. The highest BCUT2D eigenvalue weighted by molar-refractivity contribution is 5.77. The summed E-state index contributed by atoms with van der Waals surface area (Å²) in [6, 6.07) is 0. The van der Waals surface area contributed by atoms with Crippen LogP contribution in [-0.4, -0.2) is 28.7 Å². The molecule has 1 aromatic rings. The van der Waals surface area contributed by atoms with Gasteiger partial charge in [0.2, 0.25) is 0 Å². The van der Waals surface area contributed by atoms with Gasteiger partial charge < -0.3 is 5.11 Å². The third kappa shape index (κ3) is 2.16. The van der Waals surface area contributed by atoms with Crippen LogP contribution in [0.1, 0.15) is 21.7 Å². The maximum Gasteiger partial charge on any atom is 0.153 e. The number of nitrogens with one attached hydrogen (secondary N) is 1. The van der Waals surface area contributed by atoms with Crippen LogP contribution in [0, 0.1) is 13.8 Å². The number of carbonyl (C=O) groups is 1. The van der Waals surface area contributed by atoms with E-state index < -0.39 is 0 Å². The van der Waals surface area contributed by atoms with E-state index in [1.165, 1.54) is 0 Å². The van der Waals surface area contributed by atoms with Crippen molar-refractivity contribution >= 4 is 6.29 Å². The van der Waals surface area contributed by atoms with Gasteiger partial charge in [-0.25, -0.2) is 0 Å². The summed E-state index contributed by atoms with van der Waals surface area (Å²) < 4.78 is 0. The molecule has 2 N–H and O–H groups in total. The summed E-state index contributed by atoms with van der Waals surface area (Å²) in [5.74, 6) is 0. The molecule has 0 bridgehead atoms. The minimum absolute atomic E-state index is 0.676. The summed E-state index contributed by atoms with van der Waals surface area (Å²) in [5.41, 5.74) is 2.28. The number of hydrogen-bond donors (Lipinski definition) is 2. The Morgan fingerprint density at radius 1 is 1.45 bits per heavy atom. The Morgan fingerprint density at radius 3 is 2.18 bits per heavy atom. The maximum absolute atomic E-state index is 10.2. The number of H-pyrrole nitrogens is 1. The lowest BCUT2D eigenvalue weighted by atomic mass is 10.2. The Hall–Kier alpha value is -1.16. The second-order valence-corrected chi connectivity index (χ2v) is 1.97. The molecule has 0 saturated carbocycles. The van der Waals surface area contributed by atoms with E-state index in [4.69, 9.17) is 5.11 Å². The van der Waals surface area contributed by atoms with Crippen LogP contribution in [0.3, 0.4) is 0 Å². The summed E-state index contributed by atoms with van der Waals surface area (Å²) in [4.78, 5) is 10.2. The molecule has 62 valence electrons. The molecule has 0 fully saturated rings. The molecular formula is C7H12N2O2. The van der Waals surface area contributed by atoms with E-state index in [-0.39, 0.29) is 0 Å². The first-order valence-corrected chi connectivity index (χ1v) is 3.17. The Balaban J connectivity index is 0.000000461. The van der Waals surface area contributed by atoms with Crippen molar-refractivity contribution in [2.75, 3.05) is 7.11 Å². The first kappa shape index (κ1) is 9.84. The van der Waals surface area contributed by atoms with Crippen LogP contribution >= 0.6 is 0 Å². The highest BCUT2D eigenvalue weighted by Crippen LogP contribution is 2.04. The van der Waals surface area contributed by atoms with E-state index in [0.29, 0.717) is 5.56 Å². The van der Waals surface area contributed by atoms with Gasteiger partial charge in [0.15, 0.2) is 6.29 Å². The van der Waals surface area contributed by atoms with Crippen molar-refractivity contribution in [2.24, 2.45) is 0 Å². The second kappa shape index (κ2) is 4.62. The number of nitrogens with zero attached hydrogens (tertiary/aromatic N) is 1. The molecule has 1 aromatic heterocycles. The SMILES string of the molecule is CO.Cc1n[nH]c(C)c1C=O. The number of aliphatic hydroxyl groups is 1. The van der Waals surface area contributed by atoms with Crippen LogP contribution in [-0.2, 0) is 0 Å². The van der Waals surface area contributed by atoms with Gasteiger partial charge in [0.25, 0.3) is 0 Å². The molecule has 11 heavy (non-hydrogen) atoms. The van der Waals surface area contributed by atoms with Gasteiger partial charge in [0.05, 0.1) is 11.3 Å². The lowest BCUT2D eigenvalue weighted by molar-refractivity contribution is 0.112. The zero-order valence-electron chi connectivity index (χ0n) is 6.88. The van der Waals surface area contributed by atoms with E-state index >= 15 is 0 Å². The highest BCUT2D eigenvalue weighted by atomic mass is 16.2. The molecule has 0 amide bonds. The fourth-order valence-corrected chi connectivity index (χ4v) is 0.733. The quantitative estimate of drug-likeness (QED) is 0.580. The predicted octanol–water partition coefficient (Wildman–Crippen LogP) is 0.448. The second-order valence-electron chi connectivity index (χ2n) is 1.97. The molecule has 1 rings (SSSR count). The fourth-order valence-electron chi connectivity index (χ4n) is 0.733. The molecule has 0 unspecified atom stereocenters. The average Bonchev–Trinajstić information content (AvgIpc) is 2.35. The minimum atomic E-state index is 0.676. The van der Waals surface area contributed by atoms with Gasteiger partial charge in [-0.2, -0.15) is 5.10 Å². The van der Waals surface area contributed by atoms with Gasteiger partial charge in [0, 0.05) is 12.8 Å². The molecule has 0 aliphatic rings. The van der Waals surface area contributed by atoms with E-state index in [1.54, 1.807) is 6.92 Å². The summed E-state index contributed by atoms with van der Waals surface area (Å²) >= 11 is 0. The van der Waals surface area contributed by atoms with Crippen molar-refractivity contribution in [3.63, 3.8) is 0 Å². The first-order chi connectivity index (χ1) is 5.25. The van der Waals surface area contributed by atoms with Crippen molar-refractivity contribution < 1.29 is 9.90 Å². The molecule has 0 saturated heterocycles. The molecular weight excluding hydrogens is 144 g/mol. The molecule has 0 radical (unpaired) electrons. The Kier molecular flexibility index (Phi) is 4.14. The lowest BCUT2D eigenvalue weighted by Gasteiger charge is -1.82. The Morgan fingerprint density at radius 2 is 2.00 bits per heavy atom. The van der Waals surface area contributed by atoms with Gasteiger partial charge in [-0.05, 0) is 13.8 Å². The molecule has 0 spiro atoms. The van der Waals surface area contributed by atoms with Gasteiger partial charge in [-0.1, -0.05) is 0 Å². The molecule has 0 aliphatic heterocycles. The summed E-state index contributed by atoms with van der Waals surface area (Å²) in [6.45, 7) is 3.62. The zero-order valence-corrected chi connectivity index (χ0v) is 6.88. The number of aldehydes is 1. The number of carbonyl (C=O) groups excluding carboxylic acids is 1. The molecule has 4 heteroatoms. The predicted molar refractivity (Wildman–Crippen MR) is 41.6 cm³/mol. The van der Waals surface area contributed by atoms with E-state index in [9.17, 15) is 4.79 Å². The van der Waals surface area contributed by atoms with Crippen LogP contribution < -0.4 is 0 Å². The lowest BCUT2D eigenvalue weighted by Crippen LogP contribution is -1.82. The standard InChI is InChI=1S/C6H8N2O.CH4O/c1-4-6(3-9)5(2)8-7-4;1-2/h3H,1-2H3,(H,7,8);2H,1H3. The fraction of sp³-hybridized carbons (Fsp3) is 0.429. The average molecular weight is 156 g/mol. The van der Waals surface area contributed by atoms with Gasteiger partial charge in [-0.15, -0.1) is 0 Å². The molecule has 0 atom stereocenters. The first-order valence-electron chi connectivity index (χ1n) is 3.17. The van der Waals surface area contributed by atoms with Crippen molar-refractivity contribution in [3.8, 4) is 0 Å².